The molecule has 2 fully saturated rings. The zero-order chi connectivity index (χ0) is 21.5. The Kier molecular flexibility index (Phi) is 5.31. The van der Waals surface area contributed by atoms with Crippen molar-refractivity contribution in [1.29, 1.82) is 0 Å². The Bertz CT molecular complexity index is 1130. The minimum Gasteiger partial charge on any atom is -0.381 e. The molecule has 0 saturated carbocycles. The van der Waals surface area contributed by atoms with Gasteiger partial charge in [0.2, 0.25) is 0 Å². The summed E-state index contributed by atoms with van der Waals surface area (Å²) in [6.45, 7) is 4.83. The van der Waals surface area contributed by atoms with Crippen LogP contribution in [-0.2, 0) is 11.3 Å². The molecule has 164 valence electrons. The molecule has 0 spiro atoms. The van der Waals surface area contributed by atoms with Crippen LogP contribution in [0.15, 0.2) is 29.2 Å². The summed E-state index contributed by atoms with van der Waals surface area (Å²) in [6, 6.07) is 4.09. The SMILES string of the molecule is C[C@@H]1CN(Cc2c(F)cccc2F)C[C@H]1c1nc2c(cnn2C2CCOCC2)c(=O)[nH]1. The zero-order valence-corrected chi connectivity index (χ0v) is 17.4. The second kappa shape index (κ2) is 8.12. The number of halogens is 2. The topological polar surface area (TPSA) is 76.0 Å². The first-order valence-corrected chi connectivity index (χ1v) is 10.7. The number of H-pyrrole nitrogens is 1. The third-order valence-electron chi connectivity index (χ3n) is 6.50. The standard InChI is InChI=1S/C22H25F2N5O2/c1-13-10-28(12-17-18(23)3-2-4-19(17)24)11-16(13)20-26-21-15(22(30)27-20)9-25-29(21)14-5-7-31-8-6-14/h2-4,9,13-14,16H,5-8,10-12H2,1H3,(H,26,27,30)/t13-,16-/m1/s1. The van der Waals surface area contributed by atoms with Gasteiger partial charge in [-0.05, 0) is 30.9 Å². The highest BCUT2D eigenvalue weighted by atomic mass is 19.1. The van der Waals surface area contributed by atoms with Crippen LogP contribution in [0.3, 0.4) is 0 Å². The summed E-state index contributed by atoms with van der Waals surface area (Å²) >= 11 is 0. The van der Waals surface area contributed by atoms with Crippen molar-refractivity contribution in [2.45, 2.75) is 38.3 Å². The molecule has 1 N–H and O–H groups in total. The van der Waals surface area contributed by atoms with Crippen LogP contribution in [0.2, 0.25) is 0 Å². The molecule has 2 aromatic heterocycles. The molecule has 0 bridgehead atoms. The molecule has 31 heavy (non-hydrogen) atoms. The minimum absolute atomic E-state index is 0.0371. The van der Waals surface area contributed by atoms with Gasteiger partial charge in [-0.25, -0.2) is 18.4 Å². The van der Waals surface area contributed by atoms with Gasteiger partial charge in [0.15, 0.2) is 5.65 Å². The van der Waals surface area contributed by atoms with Crippen LogP contribution in [0, 0.1) is 17.6 Å². The molecule has 0 aliphatic carbocycles. The number of rotatable bonds is 4. The molecule has 2 atom stereocenters. The minimum atomic E-state index is -0.538. The molecule has 4 heterocycles. The number of likely N-dealkylation sites (tertiary alicyclic amines) is 1. The summed E-state index contributed by atoms with van der Waals surface area (Å²) in [7, 11) is 0. The molecule has 2 aliphatic heterocycles. The number of aromatic nitrogens is 4. The van der Waals surface area contributed by atoms with Gasteiger partial charge < -0.3 is 9.72 Å². The van der Waals surface area contributed by atoms with Gasteiger partial charge in [0.1, 0.15) is 22.8 Å². The molecular formula is C22H25F2N5O2. The van der Waals surface area contributed by atoms with E-state index in [2.05, 4.69) is 17.0 Å². The summed E-state index contributed by atoms with van der Waals surface area (Å²) in [4.78, 5) is 22.5. The van der Waals surface area contributed by atoms with Gasteiger partial charge in [-0.3, -0.25) is 9.69 Å². The number of benzene rings is 1. The fraction of sp³-hybridized carbons (Fsp3) is 0.500. The van der Waals surface area contributed by atoms with Gasteiger partial charge in [0.05, 0.1) is 12.2 Å². The van der Waals surface area contributed by atoms with E-state index < -0.39 is 11.6 Å². The summed E-state index contributed by atoms with van der Waals surface area (Å²) in [5.74, 6) is -0.330. The van der Waals surface area contributed by atoms with E-state index in [-0.39, 0.29) is 35.5 Å². The molecule has 2 saturated heterocycles. The molecular weight excluding hydrogens is 404 g/mol. The van der Waals surface area contributed by atoms with Crippen molar-refractivity contribution in [3.8, 4) is 0 Å². The lowest BCUT2D eigenvalue weighted by molar-refractivity contribution is 0.0673. The summed E-state index contributed by atoms with van der Waals surface area (Å²) in [5, 5.41) is 4.92. The van der Waals surface area contributed by atoms with Crippen molar-refractivity contribution >= 4 is 11.0 Å². The molecule has 0 unspecified atom stereocenters. The number of aromatic amines is 1. The van der Waals surface area contributed by atoms with Crippen LogP contribution < -0.4 is 5.56 Å². The van der Waals surface area contributed by atoms with E-state index in [0.717, 1.165) is 12.8 Å². The number of ether oxygens (including phenoxy) is 1. The Morgan fingerprint density at radius 1 is 1.19 bits per heavy atom. The van der Waals surface area contributed by atoms with Crippen LogP contribution in [-0.4, -0.2) is 51.0 Å². The van der Waals surface area contributed by atoms with Crippen LogP contribution in [0.25, 0.3) is 11.0 Å². The number of nitrogens with zero attached hydrogens (tertiary/aromatic N) is 4. The van der Waals surface area contributed by atoms with Gasteiger partial charge in [0, 0.05) is 44.3 Å². The van der Waals surface area contributed by atoms with Crippen LogP contribution in [0.5, 0.6) is 0 Å². The smallest absolute Gasteiger partial charge is 0.262 e. The Balaban J connectivity index is 1.43. The maximum Gasteiger partial charge on any atom is 0.262 e. The van der Waals surface area contributed by atoms with Gasteiger partial charge in [-0.15, -0.1) is 0 Å². The average molecular weight is 429 g/mol. The van der Waals surface area contributed by atoms with E-state index in [0.29, 0.717) is 43.2 Å². The zero-order valence-electron chi connectivity index (χ0n) is 17.4. The number of hydrogen-bond acceptors (Lipinski definition) is 5. The molecule has 1 aromatic carbocycles. The normalized spacial score (nSPS) is 23.1. The third-order valence-corrected chi connectivity index (χ3v) is 6.50. The first-order valence-electron chi connectivity index (χ1n) is 10.7. The third kappa shape index (κ3) is 3.76. The second-order valence-corrected chi connectivity index (χ2v) is 8.60. The molecule has 7 nitrogen and oxygen atoms in total. The van der Waals surface area contributed by atoms with Crippen LogP contribution >= 0.6 is 0 Å². The average Bonchev–Trinajstić information content (AvgIpc) is 3.35. The van der Waals surface area contributed by atoms with Crippen molar-refractivity contribution < 1.29 is 13.5 Å². The Labute approximate surface area is 178 Å². The molecule has 2 aliphatic rings. The lowest BCUT2D eigenvalue weighted by Gasteiger charge is -2.23. The fourth-order valence-electron chi connectivity index (χ4n) is 4.78. The highest BCUT2D eigenvalue weighted by molar-refractivity contribution is 5.73. The summed E-state index contributed by atoms with van der Waals surface area (Å²) in [5.41, 5.74) is 0.463. The van der Waals surface area contributed by atoms with Crippen molar-refractivity contribution in [1.82, 2.24) is 24.6 Å². The first kappa shape index (κ1) is 20.3. The maximum atomic E-state index is 14.1. The number of fused-ring (bicyclic) bond motifs is 1. The lowest BCUT2D eigenvalue weighted by Crippen LogP contribution is -2.23. The van der Waals surface area contributed by atoms with Crippen LogP contribution in [0.1, 0.15) is 43.1 Å². The first-order chi connectivity index (χ1) is 15.0. The predicted octanol–water partition coefficient (Wildman–Crippen LogP) is 2.98. The molecule has 5 rings (SSSR count). The predicted molar refractivity (Wildman–Crippen MR) is 111 cm³/mol. The van der Waals surface area contributed by atoms with Crippen molar-refractivity contribution in [2.75, 3.05) is 26.3 Å². The highest BCUT2D eigenvalue weighted by Gasteiger charge is 2.34. The fourth-order valence-corrected chi connectivity index (χ4v) is 4.78. The monoisotopic (exact) mass is 429 g/mol. The second-order valence-electron chi connectivity index (χ2n) is 8.60. The Hall–Kier alpha value is -2.65. The van der Waals surface area contributed by atoms with E-state index in [9.17, 15) is 13.6 Å². The molecule has 9 heteroatoms. The number of nitrogens with one attached hydrogen (secondary N) is 1. The van der Waals surface area contributed by atoms with E-state index in [1.54, 1.807) is 6.20 Å². The van der Waals surface area contributed by atoms with Crippen molar-refractivity contribution in [3.05, 3.63) is 57.8 Å². The van der Waals surface area contributed by atoms with Gasteiger partial charge in [-0.2, -0.15) is 5.10 Å². The van der Waals surface area contributed by atoms with Gasteiger partial charge >= 0.3 is 0 Å². The molecule has 0 amide bonds. The summed E-state index contributed by atoms with van der Waals surface area (Å²) < 4.78 is 35.5. The highest BCUT2D eigenvalue weighted by Crippen LogP contribution is 2.32. The molecule has 3 aromatic rings. The van der Waals surface area contributed by atoms with Crippen molar-refractivity contribution in [3.63, 3.8) is 0 Å². The molecule has 0 radical (unpaired) electrons. The van der Waals surface area contributed by atoms with E-state index in [4.69, 9.17) is 9.72 Å². The van der Waals surface area contributed by atoms with E-state index in [1.807, 2.05) is 9.58 Å². The van der Waals surface area contributed by atoms with Crippen molar-refractivity contribution in [2.24, 2.45) is 5.92 Å². The summed E-state index contributed by atoms with van der Waals surface area (Å²) in [6.07, 6.45) is 3.25. The Morgan fingerprint density at radius 2 is 1.94 bits per heavy atom. The van der Waals surface area contributed by atoms with Gasteiger partial charge in [0.25, 0.3) is 5.56 Å². The largest absolute Gasteiger partial charge is 0.381 e. The lowest BCUT2D eigenvalue weighted by atomic mass is 9.97. The van der Waals surface area contributed by atoms with Crippen LogP contribution in [0.4, 0.5) is 8.78 Å². The van der Waals surface area contributed by atoms with Gasteiger partial charge in [-0.1, -0.05) is 13.0 Å². The van der Waals surface area contributed by atoms with E-state index in [1.165, 1.54) is 18.2 Å². The quantitative estimate of drug-likeness (QED) is 0.690. The Morgan fingerprint density at radius 3 is 2.68 bits per heavy atom. The van der Waals surface area contributed by atoms with E-state index >= 15 is 0 Å². The number of hydrogen-bond donors (Lipinski definition) is 1. The maximum absolute atomic E-state index is 14.1.